The molecule has 0 unspecified atom stereocenters. The fraction of sp³-hybridized carbons (Fsp3) is 0.455. The van der Waals surface area contributed by atoms with E-state index in [0.29, 0.717) is 6.61 Å². The molecule has 6 heteroatoms. The van der Waals surface area contributed by atoms with E-state index in [2.05, 4.69) is 15.9 Å². The molecule has 94 valence electrons. The van der Waals surface area contributed by atoms with Gasteiger partial charge in [0, 0.05) is 4.47 Å². The quantitative estimate of drug-likeness (QED) is 0.794. The van der Waals surface area contributed by atoms with Crippen LogP contribution in [0.15, 0.2) is 28.7 Å². The molecule has 0 radical (unpaired) electrons. The summed E-state index contributed by atoms with van der Waals surface area (Å²) in [5, 5.41) is 0. The number of rotatable bonds is 4. The number of benzene rings is 1. The highest BCUT2D eigenvalue weighted by molar-refractivity contribution is 9.10. The summed E-state index contributed by atoms with van der Waals surface area (Å²) in [5.74, 6) is 0. The van der Waals surface area contributed by atoms with Crippen molar-refractivity contribution in [3.05, 3.63) is 34.3 Å². The van der Waals surface area contributed by atoms with Gasteiger partial charge in [-0.1, -0.05) is 28.1 Å². The van der Waals surface area contributed by atoms with Gasteiger partial charge in [0.05, 0.1) is 13.2 Å². The molecule has 0 aromatic heterocycles. The van der Waals surface area contributed by atoms with Crippen LogP contribution >= 0.6 is 15.9 Å². The first-order valence-electron chi connectivity index (χ1n) is 5.02. The Morgan fingerprint density at radius 3 is 2.41 bits per heavy atom. The average molecular weight is 311 g/mol. The molecule has 1 aromatic rings. The van der Waals surface area contributed by atoms with Crippen LogP contribution in [0.1, 0.15) is 11.7 Å². The predicted octanol–water partition coefficient (Wildman–Crippen LogP) is 3.47. The van der Waals surface area contributed by atoms with E-state index in [1.807, 2.05) is 0 Å². The van der Waals surface area contributed by atoms with Gasteiger partial charge in [-0.05, 0) is 17.7 Å². The van der Waals surface area contributed by atoms with Crippen molar-refractivity contribution >= 4 is 15.9 Å². The van der Waals surface area contributed by atoms with Gasteiger partial charge < -0.3 is 9.47 Å². The maximum Gasteiger partial charge on any atom is 0.418 e. The lowest BCUT2D eigenvalue weighted by molar-refractivity contribution is -0.224. The van der Waals surface area contributed by atoms with Crippen LogP contribution in [0.4, 0.5) is 13.2 Å². The third-order valence-electron chi connectivity index (χ3n) is 2.32. The lowest BCUT2D eigenvalue weighted by Crippen LogP contribution is -2.25. The SMILES string of the molecule is FC(F)(F)[C@H](OC[C@@H]1CO1)c1ccc(Br)cc1. The number of hydrogen-bond acceptors (Lipinski definition) is 2. The van der Waals surface area contributed by atoms with Crippen molar-refractivity contribution in [2.24, 2.45) is 0 Å². The third-order valence-corrected chi connectivity index (χ3v) is 2.85. The number of hydrogen-bond donors (Lipinski definition) is 0. The largest absolute Gasteiger partial charge is 0.418 e. The van der Waals surface area contributed by atoms with Crippen LogP contribution in [0, 0.1) is 0 Å². The van der Waals surface area contributed by atoms with E-state index in [0.717, 1.165) is 4.47 Å². The van der Waals surface area contributed by atoms with E-state index in [1.54, 1.807) is 12.1 Å². The lowest BCUT2D eigenvalue weighted by atomic mass is 10.1. The van der Waals surface area contributed by atoms with Crippen LogP contribution in [-0.4, -0.2) is 25.5 Å². The van der Waals surface area contributed by atoms with Crippen molar-refractivity contribution in [3.8, 4) is 0 Å². The van der Waals surface area contributed by atoms with Gasteiger partial charge in [-0.15, -0.1) is 0 Å². The monoisotopic (exact) mass is 310 g/mol. The number of alkyl halides is 3. The van der Waals surface area contributed by atoms with Crippen molar-refractivity contribution in [1.29, 1.82) is 0 Å². The molecule has 2 rings (SSSR count). The van der Waals surface area contributed by atoms with E-state index < -0.39 is 12.3 Å². The number of epoxide rings is 1. The molecule has 1 saturated heterocycles. The van der Waals surface area contributed by atoms with Gasteiger partial charge >= 0.3 is 6.18 Å². The molecule has 0 saturated carbocycles. The molecule has 1 fully saturated rings. The molecule has 0 N–H and O–H groups in total. The topological polar surface area (TPSA) is 21.8 Å². The van der Waals surface area contributed by atoms with Gasteiger partial charge in [0.1, 0.15) is 6.10 Å². The maximum absolute atomic E-state index is 12.8. The number of halogens is 4. The summed E-state index contributed by atoms with van der Waals surface area (Å²) in [6.07, 6.45) is -6.49. The first kappa shape index (κ1) is 12.9. The summed E-state index contributed by atoms with van der Waals surface area (Å²) in [7, 11) is 0. The Bertz CT molecular complexity index is 373. The van der Waals surface area contributed by atoms with Crippen molar-refractivity contribution < 1.29 is 22.6 Å². The highest BCUT2D eigenvalue weighted by atomic mass is 79.9. The Labute approximate surface area is 105 Å². The zero-order chi connectivity index (χ0) is 12.5. The van der Waals surface area contributed by atoms with Crippen molar-refractivity contribution in [1.82, 2.24) is 0 Å². The average Bonchev–Trinajstić information content (AvgIpc) is 3.03. The van der Waals surface area contributed by atoms with E-state index in [9.17, 15) is 13.2 Å². The van der Waals surface area contributed by atoms with Crippen LogP contribution in [0.5, 0.6) is 0 Å². The summed E-state index contributed by atoms with van der Waals surface area (Å²) >= 11 is 3.18. The molecule has 2 nitrogen and oxygen atoms in total. The summed E-state index contributed by atoms with van der Waals surface area (Å²) in [4.78, 5) is 0. The molecule has 1 heterocycles. The second-order valence-electron chi connectivity index (χ2n) is 3.76. The zero-order valence-electron chi connectivity index (χ0n) is 8.71. The molecule has 0 amide bonds. The molecule has 1 aliphatic heterocycles. The Morgan fingerprint density at radius 2 is 1.94 bits per heavy atom. The number of ether oxygens (including phenoxy) is 2. The molecule has 0 bridgehead atoms. The fourth-order valence-corrected chi connectivity index (χ4v) is 1.65. The van der Waals surface area contributed by atoms with Gasteiger partial charge in [-0.3, -0.25) is 0 Å². The molecule has 1 aliphatic rings. The highest BCUT2D eigenvalue weighted by Crippen LogP contribution is 2.36. The van der Waals surface area contributed by atoms with Crippen molar-refractivity contribution in [2.75, 3.05) is 13.2 Å². The van der Waals surface area contributed by atoms with Crippen molar-refractivity contribution in [3.63, 3.8) is 0 Å². The molecule has 1 aromatic carbocycles. The van der Waals surface area contributed by atoms with Crippen LogP contribution in [-0.2, 0) is 9.47 Å². The van der Waals surface area contributed by atoms with E-state index in [4.69, 9.17) is 9.47 Å². The molecule has 2 atom stereocenters. The highest BCUT2D eigenvalue weighted by Gasteiger charge is 2.42. The Kier molecular flexibility index (Phi) is 3.75. The Hall–Kier alpha value is -0.590. The summed E-state index contributed by atoms with van der Waals surface area (Å²) < 4.78 is 48.8. The third kappa shape index (κ3) is 3.69. The minimum Gasteiger partial charge on any atom is -0.371 e. The van der Waals surface area contributed by atoms with Gasteiger partial charge in [0.15, 0.2) is 6.10 Å². The maximum atomic E-state index is 12.8. The molecule has 0 spiro atoms. The van der Waals surface area contributed by atoms with E-state index >= 15 is 0 Å². The molecule has 17 heavy (non-hydrogen) atoms. The lowest BCUT2D eigenvalue weighted by Gasteiger charge is -2.20. The predicted molar refractivity (Wildman–Crippen MR) is 58.6 cm³/mol. The van der Waals surface area contributed by atoms with Crippen LogP contribution < -0.4 is 0 Å². The smallest absolute Gasteiger partial charge is 0.371 e. The summed E-state index contributed by atoms with van der Waals surface area (Å²) in [5.41, 5.74) is 0.0985. The minimum atomic E-state index is -4.41. The van der Waals surface area contributed by atoms with Gasteiger partial charge in [0.2, 0.25) is 0 Å². The van der Waals surface area contributed by atoms with Gasteiger partial charge in [-0.2, -0.15) is 13.2 Å². The van der Waals surface area contributed by atoms with E-state index in [-0.39, 0.29) is 18.3 Å². The van der Waals surface area contributed by atoms with Crippen LogP contribution in [0.25, 0.3) is 0 Å². The zero-order valence-corrected chi connectivity index (χ0v) is 10.3. The minimum absolute atomic E-state index is 0.0275. The molecular weight excluding hydrogens is 301 g/mol. The summed E-state index contributed by atoms with van der Waals surface area (Å²) in [6, 6.07) is 5.92. The van der Waals surface area contributed by atoms with Crippen LogP contribution in [0.2, 0.25) is 0 Å². The first-order chi connectivity index (χ1) is 7.97. The molecule has 0 aliphatic carbocycles. The fourth-order valence-electron chi connectivity index (χ4n) is 1.39. The first-order valence-corrected chi connectivity index (χ1v) is 5.81. The van der Waals surface area contributed by atoms with Gasteiger partial charge in [-0.25, -0.2) is 0 Å². The Morgan fingerprint density at radius 1 is 1.35 bits per heavy atom. The molecular formula is C11H10BrF3O2. The normalized spacial score (nSPS) is 21.3. The van der Waals surface area contributed by atoms with Crippen molar-refractivity contribution in [2.45, 2.75) is 18.4 Å². The Balaban J connectivity index is 2.10. The summed E-state index contributed by atoms with van der Waals surface area (Å²) in [6.45, 7) is 0.450. The van der Waals surface area contributed by atoms with Crippen LogP contribution in [0.3, 0.4) is 0 Å². The second-order valence-corrected chi connectivity index (χ2v) is 4.68. The van der Waals surface area contributed by atoms with Gasteiger partial charge in [0.25, 0.3) is 0 Å². The van der Waals surface area contributed by atoms with E-state index in [1.165, 1.54) is 12.1 Å². The standard InChI is InChI=1S/C11H10BrF3O2/c12-8-3-1-7(2-4-8)10(11(13,14)15)17-6-9-5-16-9/h1-4,9-10H,5-6H2/t9-,10+/m0/s1. The second kappa shape index (κ2) is 4.96.